The van der Waals surface area contributed by atoms with E-state index < -0.39 is 0 Å². The number of fused-ring (bicyclic) bond motifs is 4. The number of oxime groups is 1. The summed E-state index contributed by atoms with van der Waals surface area (Å²) in [6.07, 6.45) is 1.54. The number of phenols is 1. The summed E-state index contributed by atoms with van der Waals surface area (Å²) in [6.45, 7) is 1.91. The number of aromatic hydroxyl groups is 1. The summed E-state index contributed by atoms with van der Waals surface area (Å²) in [5.74, 6) is 2.99. The van der Waals surface area contributed by atoms with Crippen molar-refractivity contribution in [3.8, 4) is 34.6 Å². The first-order valence-corrected chi connectivity index (χ1v) is 12.8. The summed E-state index contributed by atoms with van der Waals surface area (Å²) < 4.78 is 24.0. The standard InChI is InChI=1S/C30H27N5O6/c1-17(18-5-9-21(37-2)10-6-18)34-40-15-26-32-29-28-27(19-7-12-23(38-3)25(13-19)39-4)22-11-8-20(36)14-24(22)41-30(28)31-16-35(29)33-26/h5-14,16,27,36H,15H2,1-4H3. The molecular weight excluding hydrogens is 526 g/mol. The lowest BCUT2D eigenvalue weighted by Gasteiger charge is -2.28. The zero-order valence-electron chi connectivity index (χ0n) is 22.9. The zero-order valence-corrected chi connectivity index (χ0v) is 22.9. The second kappa shape index (κ2) is 10.7. The van der Waals surface area contributed by atoms with Gasteiger partial charge in [0, 0.05) is 17.5 Å². The molecule has 0 aliphatic carbocycles. The van der Waals surface area contributed by atoms with E-state index in [4.69, 9.17) is 28.8 Å². The van der Waals surface area contributed by atoms with E-state index in [-0.39, 0.29) is 18.3 Å². The maximum Gasteiger partial charge on any atom is 0.228 e. The fourth-order valence-corrected chi connectivity index (χ4v) is 4.86. The predicted molar refractivity (Wildman–Crippen MR) is 149 cm³/mol. The molecule has 0 amide bonds. The molecular formula is C30H27N5O6. The van der Waals surface area contributed by atoms with E-state index in [0.717, 1.165) is 28.0 Å². The monoisotopic (exact) mass is 553 g/mol. The molecule has 11 nitrogen and oxygen atoms in total. The van der Waals surface area contributed by atoms with Gasteiger partial charge in [0.15, 0.2) is 29.6 Å². The molecule has 3 aromatic carbocycles. The highest BCUT2D eigenvalue weighted by Gasteiger charge is 2.34. The van der Waals surface area contributed by atoms with Crippen LogP contribution in [0.1, 0.15) is 40.9 Å². The van der Waals surface area contributed by atoms with Gasteiger partial charge < -0.3 is 28.9 Å². The quantitative estimate of drug-likeness (QED) is 0.203. The van der Waals surface area contributed by atoms with Crippen LogP contribution in [-0.4, -0.2) is 51.7 Å². The number of methoxy groups -OCH3 is 3. The lowest BCUT2D eigenvalue weighted by molar-refractivity contribution is 0.125. The molecule has 2 aromatic heterocycles. The minimum Gasteiger partial charge on any atom is -0.508 e. The summed E-state index contributed by atoms with van der Waals surface area (Å²) in [4.78, 5) is 14.9. The maximum atomic E-state index is 10.1. The molecule has 0 radical (unpaired) electrons. The average Bonchev–Trinajstić information content (AvgIpc) is 3.42. The van der Waals surface area contributed by atoms with Crippen LogP contribution in [0, 0.1) is 0 Å². The molecule has 0 fully saturated rings. The largest absolute Gasteiger partial charge is 0.508 e. The molecule has 1 aliphatic heterocycles. The van der Waals surface area contributed by atoms with Gasteiger partial charge in [-0.2, -0.15) is 0 Å². The van der Waals surface area contributed by atoms with Gasteiger partial charge >= 0.3 is 0 Å². The molecule has 0 saturated heterocycles. The van der Waals surface area contributed by atoms with Crippen LogP contribution < -0.4 is 18.9 Å². The summed E-state index contributed by atoms with van der Waals surface area (Å²) >= 11 is 0. The van der Waals surface area contributed by atoms with Crippen molar-refractivity contribution >= 4 is 11.4 Å². The first-order valence-electron chi connectivity index (χ1n) is 12.8. The molecule has 6 rings (SSSR count). The van der Waals surface area contributed by atoms with E-state index in [9.17, 15) is 5.11 Å². The third-order valence-corrected chi connectivity index (χ3v) is 6.88. The topological polar surface area (TPSA) is 122 Å². The van der Waals surface area contributed by atoms with Gasteiger partial charge in [-0.15, -0.1) is 5.10 Å². The van der Waals surface area contributed by atoms with Gasteiger partial charge in [-0.1, -0.05) is 17.3 Å². The van der Waals surface area contributed by atoms with Crippen LogP contribution in [0.2, 0.25) is 0 Å². The van der Waals surface area contributed by atoms with Gasteiger partial charge in [0.2, 0.25) is 5.88 Å². The van der Waals surface area contributed by atoms with Crippen LogP contribution in [0.4, 0.5) is 0 Å². The Morgan fingerprint density at radius 3 is 2.54 bits per heavy atom. The molecule has 1 N–H and O–H groups in total. The highest BCUT2D eigenvalue weighted by Crippen LogP contribution is 2.49. The van der Waals surface area contributed by atoms with Crippen LogP contribution in [-0.2, 0) is 11.4 Å². The van der Waals surface area contributed by atoms with Gasteiger partial charge in [-0.05, 0) is 60.5 Å². The normalized spacial score (nSPS) is 14.1. The summed E-state index contributed by atoms with van der Waals surface area (Å²) in [7, 11) is 4.81. The number of aromatic nitrogens is 4. The van der Waals surface area contributed by atoms with Crippen molar-refractivity contribution in [3.05, 3.63) is 95.1 Å². The Kier molecular flexibility index (Phi) is 6.76. The van der Waals surface area contributed by atoms with Gasteiger partial charge in [-0.25, -0.2) is 14.5 Å². The Morgan fingerprint density at radius 2 is 1.78 bits per heavy atom. The van der Waals surface area contributed by atoms with Gasteiger partial charge in [0.05, 0.1) is 32.6 Å². The minimum absolute atomic E-state index is 0.0519. The Hall–Kier alpha value is -5.32. The number of benzene rings is 3. The second-order valence-electron chi connectivity index (χ2n) is 9.31. The fourth-order valence-electron chi connectivity index (χ4n) is 4.86. The molecule has 11 heteroatoms. The molecule has 1 atom stereocenters. The number of hydrogen-bond acceptors (Lipinski definition) is 10. The van der Waals surface area contributed by atoms with Crippen molar-refractivity contribution in [1.29, 1.82) is 0 Å². The fraction of sp³-hybridized carbons (Fsp3) is 0.200. The summed E-state index contributed by atoms with van der Waals surface area (Å²) in [5.41, 5.74) is 4.62. The Morgan fingerprint density at radius 1 is 0.976 bits per heavy atom. The molecule has 1 unspecified atom stereocenters. The van der Waals surface area contributed by atoms with Crippen molar-refractivity contribution in [2.24, 2.45) is 5.16 Å². The maximum absolute atomic E-state index is 10.1. The first-order chi connectivity index (χ1) is 20.0. The van der Waals surface area contributed by atoms with Crippen molar-refractivity contribution in [2.45, 2.75) is 19.4 Å². The third-order valence-electron chi connectivity index (χ3n) is 6.88. The zero-order chi connectivity index (χ0) is 28.5. The van der Waals surface area contributed by atoms with Crippen LogP contribution in [0.25, 0.3) is 5.65 Å². The number of phenolic OH excluding ortho intramolecular Hbond substituents is 1. The molecule has 0 saturated carbocycles. The SMILES string of the molecule is COc1ccc(C(C)=NOCc2nc3c4c(ncn3n2)Oc2cc(O)ccc2C4c2ccc(OC)c(OC)c2)cc1. The van der Waals surface area contributed by atoms with E-state index in [1.165, 1.54) is 6.33 Å². The van der Waals surface area contributed by atoms with Crippen molar-refractivity contribution in [1.82, 2.24) is 19.6 Å². The van der Waals surface area contributed by atoms with Crippen molar-refractivity contribution < 1.29 is 28.9 Å². The second-order valence-corrected chi connectivity index (χ2v) is 9.31. The van der Waals surface area contributed by atoms with E-state index in [2.05, 4.69) is 15.2 Å². The minimum atomic E-state index is -0.348. The summed E-state index contributed by atoms with van der Waals surface area (Å²) in [5, 5.41) is 18.9. The lowest BCUT2D eigenvalue weighted by Crippen LogP contribution is -2.15. The van der Waals surface area contributed by atoms with Gasteiger partial charge in [-0.3, -0.25) is 0 Å². The number of nitrogens with zero attached hydrogens (tertiary/aromatic N) is 5. The molecule has 5 aromatic rings. The van der Waals surface area contributed by atoms with Crippen LogP contribution in [0.15, 0.2) is 72.1 Å². The van der Waals surface area contributed by atoms with E-state index >= 15 is 0 Å². The lowest BCUT2D eigenvalue weighted by atomic mass is 9.83. The number of rotatable bonds is 8. The highest BCUT2D eigenvalue weighted by atomic mass is 16.6. The van der Waals surface area contributed by atoms with Crippen LogP contribution in [0.5, 0.6) is 34.6 Å². The third kappa shape index (κ3) is 4.82. The van der Waals surface area contributed by atoms with E-state index in [0.29, 0.717) is 40.3 Å². The Balaban J connectivity index is 1.37. The number of ether oxygens (including phenoxy) is 4. The summed E-state index contributed by atoms with van der Waals surface area (Å²) in [6, 6.07) is 18.3. The van der Waals surface area contributed by atoms with Gasteiger partial charge in [0.1, 0.15) is 23.6 Å². The Bertz CT molecular complexity index is 1770. The molecule has 3 heterocycles. The first kappa shape index (κ1) is 25.9. The van der Waals surface area contributed by atoms with E-state index in [1.807, 2.05) is 55.5 Å². The smallest absolute Gasteiger partial charge is 0.228 e. The Labute approximate surface area is 235 Å². The molecule has 0 bridgehead atoms. The van der Waals surface area contributed by atoms with Crippen molar-refractivity contribution in [3.63, 3.8) is 0 Å². The average molecular weight is 554 g/mol. The molecule has 0 spiro atoms. The highest BCUT2D eigenvalue weighted by molar-refractivity contribution is 5.98. The van der Waals surface area contributed by atoms with Crippen LogP contribution >= 0.6 is 0 Å². The predicted octanol–water partition coefficient (Wildman–Crippen LogP) is 5.08. The number of hydrogen-bond donors (Lipinski definition) is 1. The molecule has 41 heavy (non-hydrogen) atoms. The molecule has 1 aliphatic rings. The van der Waals surface area contributed by atoms with Gasteiger partial charge in [0.25, 0.3) is 0 Å². The molecule has 208 valence electrons. The van der Waals surface area contributed by atoms with E-state index in [1.54, 1.807) is 38.0 Å². The van der Waals surface area contributed by atoms with Crippen molar-refractivity contribution in [2.75, 3.05) is 21.3 Å². The van der Waals surface area contributed by atoms with Crippen LogP contribution in [0.3, 0.4) is 0 Å².